The molecule has 4 rings (SSSR count). The first-order valence-electron chi connectivity index (χ1n) is 7.54. The molecule has 118 valence electrons. The SMILES string of the molecule is c1cc(-c2nn[nH]n2)ccc1CCc1ccc(-c2nn[nH]n2)cc1. The molecule has 2 aromatic heterocycles. The van der Waals surface area contributed by atoms with Gasteiger partial charge < -0.3 is 0 Å². The minimum atomic E-state index is 0.610. The number of aromatic nitrogens is 8. The number of tetrazole rings is 2. The van der Waals surface area contributed by atoms with E-state index in [1.807, 2.05) is 24.3 Å². The highest BCUT2D eigenvalue weighted by molar-refractivity contribution is 5.55. The van der Waals surface area contributed by atoms with Gasteiger partial charge in [0.1, 0.15) is 0 Å². The molecule has 4 aromatic rings. The molecule has 0 aliphatic heterocycles. The molecule has 0 aliphatic carbocycles. The van der Waals surface area contributed by atoms with E-state index in [0.717, 1.165) is 24.0 Å². The highest BCUT2D eigenvalue weighted by atomic mass is 15.5. The maximum Gasteiger partial charge on any atom is 0.204 e. The van der Waals surface area contributed by atoms with Gasteiger partial charge in [0.25, 0.3) is 0 Å². The zero-order chi connectivity index (χ0) is 16.2. The largest absolute Gasteiger partial charge is 0.204 e. The lowest BCUT2D eigenvalue weighted by molar-refractivity contribution is 0.881. The van der Waals surface area contributed by atoms with Crippen molar-refractivity contribution in [1.82, 2.24) is 41.2 Å². The topological polar surface area (TPSA) is 109 Å². The van der Waals surface area contributed by atoms with Gasteiger partial charge in [-0.15, -0.1) is 20.4 Å². The van der Waals surface area contributed by atoms with Crippen molar-refractivity contribution in [2.45, 2.75) is 12.8 Å². The highest BCUT2D eigenvalue weighted by Gasteiger charge is 2.04. The minimum Gasteiger partial charge on any atom is -0.177 e. The van der Waals surface area contributed by atoms with Crippen LogP contribution in [0.4, 0.5) is 0 Å². The number of hydrogen-bond donors (Lipinski definition) is 2. The molecule has 0 fully saturated rings. The molecule has 0 atom stereocenters. The van der Waals surface area contributed by atoms with E-state index in [1.54, 1.807) is 0 Å². The van der Waals surface area contributed by atoms with Crippen molar-refractivity contribution in [3.63, 3.8) is 0 Å². The quantitative estimate of drug-likeness (QED) is 0.581. The maximum absolute atomic E-state index is 3.97. The predicted molar refractivity (Wildman–Crippen MR) is 86.6 cm³/mol. The number of aromatic amines is 2. The third kappa shape index (κ3) is 3.02. The molecule has 0 radical (unpaired) electrons. The van der Waals surface area contributed by atoms with Gasteiger partial charge in [-0.2, -0.15) is 10.4 Å². The second kappa shape index (κ2) is 6.37. The molecule has 0 saturated heterocycles. The summed E-state index contributed by atoms with van der Waals surface area (Å²) in [5, 5.41) is 28.0. The first-order chi connectivity index (χ1) is 11.9. The average Bonchev–Trinajstić information content (AvgIpc) is 3.34. The summed E-state index contributed by atoms with van der Waals surface area (Å²) in [4.78, 5) is 0. The average molecular weight is 318 g/mol. The van der Waals surface area contributed by atoms with Gasteiger partial charge in [-0.1, -0.05) is 48.5 Å². The van der Waals surface area contributed by atoms with Crippen molar-refractivity contribution in [2.24, 2.45) is 0 Å². The van der Waals surface area contributed by atoms with Crippen molar-refractivity contribution >= 4 is 0 Å². The van der Waals surface area contributed by atoms with E-state index in [0.29, 0.717) is 11.6 Å². The Labute approximate surface area is 137 Å². The Bertz CT molecular complexity index is 803. The molecule has 0 saturated carbocycles. The van der Waals surface area contributed by atoms with E-state index in [-0.39, 0.29) is 0 Å². The summed E-state index contributed by atoms with van der Waals surface area (Å²) in [6.45, 7) is 0. The van der Waals surface area contributed by atoms with E-state index >= 15 is 0 Å². The third-order valence-corrected chi connectivity index (χ3v) is 3.82. The first-order valence-corrected chi connectivity index (χ1v) is 7.54. The molecule has 0 aliphatic rings. The van der Waals surface area contributed by atoms with Crippen molar-refractivity contribution in [1.29, 1.82) is 0 Å². The molecule has 0 amide bonds. The van der Waals surface area contributed by atoms with Crippen LogP contribution in [0.15, 0.2) is 48.5 Å². The fourth-order valence-corrected chi connectivity index (χ4v) is 2.50. The molecule has 0 unspecified atom stereocenters. The van der Waals surface area contributed by atoms with Crippen LogP contribution in [0.25, 0.3) is 22.8 Å². The van der Waals surface area contributed by atoms with Gasteiger partial charge in [0.05, 0.1) is 0 Å². The summed E-state index contributed by atoms with van der Waals surface area (Å²) < 4.78 is 0. The second-order valence-corrected chi connectivity index (χ2v) is 5.36. The van der Waals surface area contributed by atoms with Crippen LogP contribution < -0.4 is 0 Å². The molecular weight excluding hydrogens is 304 g/mol. The summed E-state index contributed by atoms with van der Waals surface area (Å²) >= 11 is 0. The number of hydrogen-bond acceptors (Lipinski definition) is 6. The summed E-state index contributed by atoms with van der Waals surface area (Å²) in [7, 11) is 0. The fourth-order valence-electron chi connectivity index (χ4n) is 2.50. The lowest BCUT2D eigenvalue weighted by Gasteiger charge is -2.04. The zero-order valence-corrected chi connectivity index (χ0v) is 12.7. The molecule has 24 heavy (non-hydrogen) atoms. The Kier molecular flexibility index (Phi) is 3.77. The first kappa shape index (κ1) is 14.2. The van der Waals surface area contributed by atoms with Crippen LogP contribution in [-0.2, 0) is 12.8 Å². The number of benzene rings is 2. The molecular formula is C16H14N8. The van der Waals surface area contributed by atoms with Crippen LogP contribution in [0.3, 0.4) is 0 Å². The Balaban J connectivity index is 1.40. The second-order valence-electron chi connectivity index (χ2n) is 5.36. The fraction of sp³-hybridized carbons (Fsp3) is 0.125. The molecule has 2 heterocycles. The van der Waals surface area contributed by atoms with Crippen LogP contribution in [-0.4, -0.2) is 41.2 Å². The molecule has 0 bridgehead atoms. The van der Waals surface area contributed by atoms with E-state index in [2.05, 4.69) is 65.5 Å². The number of nitrogens with zero attached hydrogens (tertiary/aromatic N) is 6. The van der Waals surface area contributed by atoms with Gasteiger partial charge >= 0.3 is 0 Å². The van der Waals surface area contributed by atoms with Crippen molar-refractivity contribution in [3.8, 4) is 22.8 Å². The monoisotopic (exact) mass is 318 g/mol. The summed E-state index contributed by atoms with van der Waals surface area (Å²) in [6, 6.07) is 16.4. The molecule has 2 N–H and O–H groups in total. The zero-order valence-electron chi connectivity index (χ0n) is 12.7. The van der Waals surface area contributed by atoms with Gasteiger partial charge in [-0.3, -0.25) is 0 Å². The van der Waals surface area contributed by atoms with Gasteiger partial charge in [0, 0.05) is 11.1 Å². The van der Waals surface area contributed by atoms with Crippen LogP contribution in [0.1, 0.15) is 11.1 Å². The number of rotatable bonds is 5. The summed E-state index contributed by atoms with van der Waals surface area (Å²) in [5.74, 6) is 1.22. The predicted octanol–water partition coefficient (Wildman–Crippen LogP) is 1.83. The molecule has 0 spiro atoms. The van der Waals surface area contributed by atoms with Crippen LogP contribution in [0.5, 0.6) is 0 Å². The van der Waals surface area contributed by atoms with Gasteiger partial charge in [-0.25, -0.2) is 0 Å². The van der Waals surface area contributed by atoms with E-state index in [1.165, 1.54) is 11.1 Å². The van der Waals surface area contributed by atoms with Crippen molar-refractivity contribution in [3.05, 3.63) is 59.7 Å². The Morgan fingerprint density at radius 3 is 1.33 bits per heavy atom. The Hall–Kier alpha value is -3.42. The minimum absolute atomic E-state index is 0.610. The van der Waals surface area contributed by atoms with Gasteiger partial charge in [-0.05, 0) is 34.4 Å². The van der Waals surface area contributed by atoms with E-state index < -0.39 is 0 Å². The van der Waals surface area contributed by atoms with Crippen molar-refractivity contribution in [2.75, 3.05) is 0 Å². The lowest BCUT2D eigenvalue weighted by atomic mass is 10.0. The van der Waals surface area contributed by atoms with Crippen molar-refractivity contribution < 1.29 is 0 Å². The van der Waals surface area contributed by atoms with Gasteiger partial charge in [0.2, 0.25) is 11.6 Å². The molecule has 8 nitrogen and oxygen atoms in total. The molecule has 8 heteroatoms. The number of aryl methyl sites for hydroxylation is 2. The summed E-state index contributed by atoms with van der Waals surface area (Å²) in [5.41, 5.74) is 4.45. The number of nitrogens with one attached hydrogen (secondary N) is 2. The number of H-pyrrole nitrogens is 2. The normalized spacial score (nSPS) is 10.8. The molecule has 2 aromatic carbocycles. The van der Waals surface area contributed by atoms with Crippen LogP contribution in [0, 0.1) is 0 Å². The van der Waals surface area contributed by atoms with E-state index in [9.17, 15) is 0 Å². The maximum atomic E-state index is 3.97. The Morgan fingerprint density at radius 1 is 0.583 bits per heavy atom. The Morgan fingerprint density at radius 2 is 1.00 bits per heavy atom. The summed E-state index contributed by atoms with van der Waals surface area (Å²) in [6.07, 6.45) is 1.93. The van der Waals surface area contributed by atoms with Crippen LogP contribution >= 0.6 is 0 Å². The smallest absolute Gasteiger partial charge is 0.177 e. The van der Waals surface area contributed by atoms with Gasteiger partial charge in [0.15, 0.2) is 0 Å². The highest BCUT2D eigenvalue weighted by Crippen LogP contribution is 2.17. The van der Waals surface area contributed by atoms with E-state index in [4.69, 9.17) is 0 Å². The van der Waals surface area contributed by atoms with Crippen LogP contribution in [0.2, 0.25) is 0 Å². The lowest BCUT2D eigenvalue weighted by Crippen LogP contribution is -1.92. The third-order valence-electron chi connectivity index (χ3n) is 3.82. The standard InChI is InChI=1S/C16H14N8/c1(11-3-7-13(8-4-11)15-17-21-22-18-15)2-12-5-9-14(10-6-12)16-19-23-24-20-16/h3-10H,1-2H2,(H,17,18,21,22)(H,19,20,23,24).